The molecule has 0 aliphatic carbocycles. The van der Waals surface area contributed by atoms with Gasteiger partial charge in [-0.25, -0.2) is 0 Å². The fourth-order valence-corrected chi connectivity index (χ4v) is 6.78. The van der Waals surface area contributed by atoms with Gasteiger partial charge in [-0.3, -0.25) is 0 Å². The molecule has 0 aromatic heterocycles. The van der Waals surface area contributed by atoms with Gasteiger partial charge in [-0.1, -0.05) is 133 Å². The summed E-state index contributed by atoms with van der Waals surface area (Å²) in [6.45, 7) is 0. The third-order valence-corrected chi connectivity index (χ3v) is 8.65. The Kier molecular flexibility index (Phi) is 4.83. The fourth-order valence-electron chi connectivity index (χ4n) is 6.78. The highest BCUT2D eigenvalue weighted by Gasteiger charge is 2.22. The largest absolute Gasteiger partial charge is 0.456 e. The Morgan fingerprint density at radius 3 is 1.79 bits per heavy atom. The zero-order chi connectivity index (χ0) is 30.1. The number of hydrogen-bond acceptors (Lipinski definition) is 1. The molecule has 43 heavy (non-hydrogen) atoms. The van der Waals surface area contributed by atoms with Crippen LogP contribution in [0, 0.1) is 0 Å². The molecule has 9 rings (SSSR count). The van der Waals surface area contributed by atoms with Crippen molar-refractivity contribution in [2.75, 3.05) is 0 Å². The summed E-state index contributed by atoms with van der Waals surface area (Å²) in [4.78, 5) is 0. The average molecular weight is 549 g/mol. The van der Waals surface area contributed by atoms with E-state index in [9.17, 15) is 2.74 Å². The molecule has 0 N–H and O–H groups in total. The van der Waals surface area contributed by atoms with Crippen LogP contribution in [0.3, 0.4) is 0 Å². The lowest BCUT2D eigenvalue weighted by Crippen LogP contribution is -1.98. The first kappa shape index (κ1) is 22.0. The lowest BCUT2D eigenvalue weighted by molar-refractivity contribution is 0.487. The minimum Gasteiger partial charge on any atom is -0.456 e. The number of hydrogen-bond donors (Lipinski definition) is 0. The third-order valence-electron chi connectivity index (χ3n) is 8.65. The molecule has 0 spiro atoms. The molecule has 0 saturated heterocycles. The van der Waals surface area contributed by atoms with Crippen LogP contribution in [0.4, 0.5) is 0 Å². The summed E-state index contributed by atoms with van der Waals surface area (Å²) in [5.74, 6) is 1.69. The molecule has 1 aliphatic heterocycles. The SMILES string of the molecule is [2H]c1cccc2c(-c3ccc4c(c3)-c3cccc5cccc(c35)O4)c3c([2H])cccc3c(-c3cccc(-c4ccccc4)c3)c12. The summed E-state index contributed by atoms with van der Waals surface area (Å²) in [6, 6.07) is 50.6. The van der Waals surface area contributed by atoms with Crippen LogP contribution in [-0.2, 0) is 0 Å². The van der Waals surface area contributed by atoms with E-state index in [0.717, 1.165) is 88.3 Å². The van der Waals surface area contributed by atoms with Gasteiger partial charge in [0.1, 0.15) is 11.5 Å². The normalized spacial score (nSPS) is 12.6. The van der Waals surface area contributed by atoms with Crippen molar-refractivity contribution < 1.29 is 7.48 Å². The molecule has 0 atom stereocenters. The Hall–Kier alpha value is -5.66. The molecule has 1 aliphatic rings. The quantitative estimate of drug-likeness (QED) is 0.200. The second-order valence-corrected chi connectivity index (χ2v) is 11.1. The van der Waals surface area contributed by atoms with Crippen molar-refractivity contribution >= 4 is 32.3 Å². The zero-order valence-electron chi connectivity index (χ0n) is 25.3. The van der Waals surface area contributed by atoms with E-state index < -0.39 is 0 Å². The van der Waals surface area contributed by atoms with Gasteiger partial charge in [0.15, 0.2) is 0 Å². The Morgan fingerprint density at radius 2 is 1.02 bits per heavy atom. The first-order valence-corrected chi connectivity index (χ1v) is 14.6. The third kappa shape index (κ3) is 3.72. The van der Waals surface area contributed by atoms with Crippen molar-refractivity contribution in [1.82, 2.24) is 0 Å². The lowest BCUT2D eigenvalue weighted by Gasteiger charge is -2.23. The van der Waals surface area contributed by atoms with Gasteiger partial charge >= 0.3 is 0 Å². The van der Waals surface area contributed by atoms with Gasteiger partial charge in [-0.15, -0.1) is 0 Å². The van der Waals surface area contributed by atoms with E-state index in [1.165, 1.54) is 0 Å². The molecular formula is C42H26O. The first-order chi connectivity index (χ1) is 22.2. The van der Waals surface area contributed by atoms with Crippen LogP contribution in [0.1, 0.15) is 2.74 Å². The maximum Gasteiger partial charge on any atom is 0.135 e. The average Bonchev–Trinajstić information content (AvgIpc) is 3.08. The van der Waals surface area contributed by atoms with Gasteiger partial charge in [-0.2, -0.15) is 0 Å². The van der Waals surface area contributed by atoms with Crippen LogP contribution in [0.25, 0.3) is 76.8 Å². The van der Waals surface area contributed by atoms with Crippen molar-refractivity contribution in [3.63, 3.8) is 0 Å². The Bertz CT molecular complexity index is 2470. The van der Waals surface area contributed by atoms with E-state index in [1.54, 1.807) is 0 Å². The standard InChI is InChI=1S/C42H26O/c1-2-11-27(12-3-1)29-15-8-16-30(25-29)40-32-17-4-6-19-34(32)41(35-20-7-5-18-33(35)40)31-23-24-38-37(26-31)36-21-9-13-28-14-10-22-39(43-38)42(28)36/h1-26H/i17D,20D. The predicted molar refractivity (Wildman–Crippen MR) is 181 cm³/mol. The molecule has 1 heteroatoms. The van der Waals surface area contributed by atoms with Crippen LogP contribution in [0.5, 0.6) is 11.5 Å². The lowest BCUT2D eigenvalue weighted by atomic mass is 9.84. The summed E-state index contributed by atoms with van der Waals surface area (Å²) in [5.41, 5.74) is 8.42. The van der Waals surface area contributed by atoms with E-state index in [2.05, 4.69) is 97.1 Å². The monoisotopic (exact) mass is 548 g/mol. The highest BCUT2D eigenvalue weighted by molar-refractivity contribution is 6.21. The van der Waals surface area contributed by atoms with Crippen LogP contribution >= 0.6 is 0 Å². The van der Waals surface area contributed by atoms with Crippen molar-refractivity contribution in [2.45, 2.75) is 0 Å². The highest BCUT2D eigenvalue weighted by atomic mass is 16.5. The maximum absolute atomic E-state index is 9.22. The molecule has 1 nitrogen and oxygen atoms in total. The highest BCUT2D eigenvalue weighted by Crippen LogP contribution is 2.49. The molecule has 0 saturated carbocycles. The van der Waals surface area contributed by atoms with Gasteiger partial charge in [0.05, 0.1) is 2.74 Å². The predicted octanol–water partition coefficient (Wildman–Crippen LogP) is 11.9. The first-order valence-electron chi connectivity index (χ1n) is 15.6. The maximum atomic E-state index is 9.22. The Morgan fingerprint density at radius 1 is 0.395 bits per heavy atom. The van der Waals surface area contributed by atoms with Gasteiger partial charge < -0.3 is 4.74 Å². The molecule has 8 aromatic carbocycles. The van der Waals surface area contributed by atoms with Crippen molar-refractivity contribution in [3.8, 4) is 56.0 Å². The zero-order valence-corrected chi connectivity index (χ0v) is 23.3. The van der Waals surface area contributed by atoms with Gasteiger partial charge in [-0.05, 0) is 90.1 Å². The molecule has 0 unspecified atom stereocenters. The second-order valence-electron chi connectivity index (χ2n) is 11.1. The van der Waals surface area contributed by atoms with E-state index in [-0.39, 0.29) is 0 Å². The number of rotatable bonds is 3. The minimum atomic E-state index is 0.460. The van der Waals surface area contributed by atoms with E-state index in [1.807, 2.05) is 48.5 Å². The van der Waals surface area contributed by atoms with E-state index in [0.29, 0.717) is 12.1 Å². The molecule has 200 valence electrons. The topological polar surface area (TPSA) is 9.23 Å². The molecule has 0 radical (unpaired) electrons. The van der Waals surface area contributed by atoms with Gasteiger partial charge in [0, 0.05) is 10.9 Å². The molecule has 1 heterocycles. The number of ether oxygens (including phenoxy) is 1. The van der Waals surface area contributed by atoms with Crippen LogP contribution in [-0.4, -0.2) is 0 Å². The van der Waals surface area contributed by atoms with Crippen LogP contribution in [0.15, 0.2) is 158 Å². The molecular weight excluding hydrogens is 520 g/mol. The van der Waals surface area contributed by atoms with Gasteiger partial charge in [0.2, 0.25) is 0 Å². The smallest absolute Gasteiger partial charge is 0.135 e. The molecule has 8 aromatic rings. The Balaban J connectivity index is 1.36. The number of benzene rings is 8. The van der Waals surface area contributed by atoms with Crippen LogP contribution < -0.4 is 4.74 Å². The second kappa shape index (κ2) is 9.44. The summed E-state index contributed by atoms with van der Waals surface area (Å²) in [7, 11) is 0. The van der Waals surface area contributed by atoms with Crippen molar-refractivity contribution in [3.05, 3.63) is 158 Å². The molecule has 0 bridgehead atoms. The van der Waals surface area contributed by atoms with Crippen LogP contribution in [0.2, 0.25) is 0 Å². The molecule has 0 fully saturated rings. The summed E-state index contributed by atoms with van der Waals surface area (Å²) < 4.78 is 24.8. The summed E-state index contributed by atoms with van der Waals surface area (Å²) >= 11 is 0. The van der Waals surface area contributed by atoms with Crippen molar-refractivity contribution in [1.29, 1.82) is 0 Å². The van der Waals surface area contributed by atoms with Crippen molar-refractivity contribution in [2.24, 2.45) is 0 Å². The van der Waals surface area contributed by atoms with E-state index in [4.69, 9.17) is 4.74 Å². The molecule has 0 amide bonds. The summed E-state index contributed by atoms with van der Waals surface area (Å²) in [5, 5.41) is 5.96. The Labute approximate surface area is 253 Å². The number of fused-ring (bicyclic) bond motifs is 4. The fraction of sp³-hybridized carbons (Fsp3) is 0. The summed E-state index contributed by atoms with van der Waals surface area (Å²) in [6.07, 6.45) is 0. The van der Waals surface area contributed by atoms with E-state index >= 15 is 0 Å². The van der Waals surface area contributed by atoms with Gasteiger partial charge in [0.25, 0.3) is 0 Å². The minimum absolute atomic E-state index is 0.460.